The highest BCUT2D eigenvalue weighted by Crippen LogP contribution is 2.27. The van der Waals surface area contributed by atoms with Crippen LogP contribution in [0.1, 0.15) is 23.7 Å². The second-order valence-electron chi connectivity index (χ2n) is 6.31. The highest BCUT2D eigenvalue weighted by molar-refractivity contribution is 6.23. The number of imide groups is 1. The Kier molecular flexibility index (Phi) is 5.95. The Labute approximate surface area is 169 Å². The zero-order chi connectivity index (χ0) is 21.9. The molecule has 0 aromatic heterocycles. The van der Waals surface area contributed by atoms with Crippen molar-refractivity contribution in [2.24, 2.45) is 0 Å². The summed E-state index contributed by atoms with van der Waals surface area (Å²) in [6, 6.07) is 9.79. The molecule has 1 N–H and O–H groups in total. The molecule has 2 amide bonds. The van der Waals surface area contributed by atoms with Crippen molar-refractivity contribution in [1.82, 2.24) is 0 Å². The van der Waals surface area contributed by atoms with E-state index < -0.39 is 35.9 Å². The molecule has 1 heterocycles. The predicted octanol–water partition coefficient (Wildman–Crippen LogP) is 3.51. The van der Waals surface area contributed by atoms with Crippen molar-refractivity contribution < 1.29 is 37.0 Å². The van der Waals surface area contributed by atoms with Crippen LogP contribution >= 0.6 is 0 Å². The third kappa shape index (κ3) is 4.88. The number of esters is 1. The van der Waals surface area contributed by atoms with Gasteiger partial charge >= 0.3 is 12.3 Å². The van der Waals surface area contributed by atoms with E-state index in [0.717, 1.165) is 17.0 Å². The smallest absolute Gasteiger partial charge is 0.462 e. The second kappa shape index (κ2) is 8.44. The number of hydrogen-bond donors (Lipinski definition) is 1. The van der Waals surface area contributed by atoms with Crippen molar-refractivity contribution >= 4 is 29.2 Å². The van der Waals surface area contributed by atoms with Crippen LogP contribution in [-0.2, 0) is 14.3 Å². The van der Waals surface area contributed by atoms with Gasteiger partial charge in [0.05, 0.1) is 24.3 Å². The number of alkyl halides is 3. The Balaban J connectivity index is 1.68. The Morgan fingerprint density at radius 1 is 1.10 bits per heavy atom. The van der Waals surface area contributed by atoms with E-state index in [1.807, 2.05) is 0 Å². The van der Waals surface area contributed by atoms with Crippen LogP contribution in [0.3, 0.4) is 0 Å². The van der Waals surface area contributed by atoms with Gasteiger partial charge in [0.25, 0.3) is 5.91 Å². The summed E-state index contributed by atoms with van der Waals surface area (Å²) in [6.07, 6.45) is -4.93. The van der Waals surface area contributed by atoms with E-state index in [4.69, 9.17) is 4.74 Å². The predicted molar refractivity (Wildman–Crippen MR) is 100 cm³/mol. The van der Waals surface area contributed by atoms with E-state index in [2.05, 4.69) is 10.1 Å². The molecule has 1 saturated heterocycles. The van der Waals surface area contributed by atoms with E-state index in [-0.39, 0.29) is 18.6 Å². The average molecular weight is 422 g/mol. The van der Waals surface area contributed by atoms with E-state index in [1.165, 1.54) is 36.4 Å². The van der Waals surface area contributed by atoms with Gasteiger partial charge in [-0.05, 0) is 55.5 Å². The van der Waals surface area contributed by atoms with Gasteiger partial charge < -0.3 is 14.8 Å². The molecule has 0 unspecified atom stereocenters. The number of carbonyl (C=O) groups excluding carboxylic acids is 3. The van der Waals surface area contributed by atoms with Crippen LogP contribution in [0.2, 0.25) is 0 Å². The molecule has 30 heavy (non-hydrogen) atoms. The fraction of sp³-hybridized carbons (Fsp3) is 0.250. The summed E-state index contributed by atoms with van der Waals surface area (Å²) in [4.78, 5) is 37.7. The lowest BCUT2D eigenvalue weighted by Gasteiger charge is -2.16. The first-order chi connectivity index (χ1) is 14.2. The van der Waals surface area contributed by atoms with Gasteiger partial charge in [-0.15, -0.1) is 13.2 Å². The fourth-order valence-electron chi connectivity index (χ4n) is 2.93. The van der Waals surface area contributed by atoms with Crippen LogP contribution < -0.4 is 15.0 Å². The van der Waals surface area contributed by atoms with E-state index in [0.29, 0.717) is 11.4 Å². The lowest BCUT2D eigenvalue weighted by atomic mass is 10.2. The Morgan fingerprint density at radius 2 is 1.73 bits per heavy atom. The number of amides is 2. The first-order valence-electron chi connectivity index (χ1n) is 8.94. The van der Waals surface area contributed by atoms with Gasteiger partial charge in [-0.2, -0.15) is 0 Å². The van der Waals surface area contributed by atoms with Crippen molar-refractivity contribution in [2.45, 2.75) is 25.7 Å². The molecule has 3 rings (SSSR count). The summed E-state index contributed by atoms with van der Waals surface area (Å²) in [5.74, 6) is -1.87. The molecule has 158 valence electrons. The van der Waals surface area contributed by atoms with Gasteiger partial charge in [0.1, 0.15) is 11.8 Å². The van der Waals surface area contributed by atoms with Crippen molar-refractivity contribution in [1.29, 1.82) is 0 Å². The molecule has 2 aromatic rings. The number of ether oxygens (including phenoxy) is 2. The van der Waals surface area contributed by atoms with E-state index >= 15 is 0 Å². The summed E-state index contributed by atoms with van der Waals surface area (Å²) < 4.78 is 45.4. The number of carbonyl (C=O) groups is 3. The first-order valence-corrected chi connectivity index (χ1v) is 8.94. The Morgan fingerprint density at radius 3 is 2.30 bits per heavy atom. The van der Waals surface area contributed by atoms with Crippen LogP contribution in [-0.4, -0.2) is 36.8 Å². The molecule has 2 aromatic carbocycles. The van der Waals surface area contributed by atoms with Crippen LogP contribution in [0.4, 0.5) is 24.5 Å². The average Bonchev–Trinajstić information content (AvgIpc) is 2.96. The minimum atomic E-state index is -4.80. The minimum Gasteiger partial charge on any atom is -0.462 e. The summed E-state index contributed by atoms with van der Waals surface area (Å²) in [7, 11) is 0. The van der Waals surface area contributed by atoms with Gasteiger partial charge in [-0.1, -0.05) is 0 Å². The molecule has 10 heteroatoms. The normalized spacial score (nSPS) is 16.5. The largest absolute Gasteiger partial charge is 0.573 e. The maximum atomic E-state index is 12.7. The van der Waals surface area contributed by atoms with E-state index in [1.54, 1.807) is 6.92 Å². The summed E-state index contributed by atoms with van der Waals surface area (Å²) in [6.45, 7) is 1.90. The van der Waals surface area contributed by atoms with Gasteiger partial charge in [-0.25, -0.2) is 9.69 Å². The number of hydrogen-bond acceptors (Lipinski definition) is 6. The van der Waals surface area contributed by atoms with Crippen LogP contribution in [0.5, 0.6) is 5.75 Å². The number of anilines is 2. The SMILES string of the molecule is CCOC(=O)c1ccc(N2C(=O)C[C@@H](Nc3ccc(OC(F)(F)F)cc3)C2=O)cc1. The molecule has 0 spiro atoms. The topological polar surface area (TPSA) is 84.9 Å². The second-order valence-corrected chi connectivity index (χ2v) is 6.31. The molecule has 0 saturated carbocycles. The number of benzene rings is 2. The Bertz CT molecular complexity index is 942. The molecule has 1 aliphatic rings. The van der Waals surface area contributed by atoms with Crippen molar-refractivity contribution in [3.05, 3.63) is 54.1 Å². The van der Waals surface area contributed by atoms with Crippen molar-refractivity contribution in [3.63, 3.8) is 0 Å². The third-order valence-electron chi connectivity index (χ3n) is 4.21. The van der Waals surface area contributed by atoms with Gasteiger partial charge in [-0.3, -0.25) is 9.59 Å². The molecule has 1 aliphatic heterocycles. The number of nitrogens with one attached hydrogen (secondary N) is 1. The third-order valence-corrected chi connectivity index (χ3v) is 4.21. The molecule has 7 nitrogen and oxygen atoms in total. The zero-order valence-corrected chi connectivity index (χ0v) is 15.7. The molecule has 0 radical (unpaired) electrons. The molecular formula is C20H17F3N2O5. The van der Waals surface area contributed by atoms with Crippen molar-refractivity contribution in [2.75, 3.05) is 16.8 Å². The summed E-state index contributed by atoms with van der Waals surface area (Å²) >= 11 is 0. The number of halogens is 3. The lowest BCUT2D eigenvalue weighted by Crippen LogP contribution is -2.34. The lowest BCUT2D eigenvalue weighted by molar-refractivity contribution is -0.274. The van der Waals surface area contributed by atoms with Crippen molar-refractivity contribution in [3.8, 4) is 5.75 Å². The number of rotatable bonds is 6. The molecule has 0 aliphatic carbocycles. The van der Waals surface area contributed by atoms with Crippen LogP contribution in [0.15, 0.2) is 48.5 Å². The van der Waals surface area contributed by atoms with Crippen LogP contribution in [0, 0.1) is 0 Å². The van der Waals surface area contributed by atoms with Gasteiger partial charge in [0.2, 0.25) is 5.91 Å². The Hall–Kier alpha value is -3.56. The quantitative estimate of drug-likeness (QED) is 0.567. The standard InChI is InChI=1S/C20H17F3N2O5/c1-2-29-19(28)12-3-7-14(8-4-12)25-17(26)11-16(18(25)27)24-13-5-9-15(10-6-13)30-20(21,22)23/h3-10,16,24H,2,11H2,1H3/t16-/m1/s1. The fourth-order valence-corrected chi connectivity index (χ4v) is 2.93. The summed E-state index contributed by atoms with van der Waals surface area (Å²) in [5.41, 5.74) is 0.946. The summed E-state index contributed by atoms with van der Waals surface area (Å²) in [5, 5.41) is 2.83. The monoisotopic (exact) mass is 422 g/mol. The van der Waals surface area contributed by atoms with Gasteiger partial charge in [0.15, 0.2) is 0 Å². The first kappa shape index (κ1) is 21.2. The maximum absolute atomic E-state index is 12.7. The van der Waals surface area contributed by atoms with Crippen LogP contribution in [0.25, 0.3) is 0 Å². The maximum Gasteiger partial charge on any atom is 0.573 e. The molecule has 1 atom stereocenters. The number of nitrogens with zero attached hydrogens (tertiary/aromatic N) is 1. The highest BCUT2D eigenvalue weighted by atomic mass is 19.4. The zero-order valence-electron chi connectivity index (χ0n) is 15.7. The molecule has 0 bridgehead atoms. The van der Waals surface area contributed by atoms with E-state index in [9.17, 15) is 27.6 Å². The molecular weight excluding hydrogens is 405 g/mol. The minimum absolute atomic E-state index is 0.126. The molecule has 1 fully saturated rings. The van der Waals surface area contributed by atoms with Gasteiger partial charge in [0, 0.05) is 5.69 Å². The highest BCUT2D eigenvalue weighted by Gasteiger charge is 2.39.